The SMILES string of the molecule is CC(C)[C@H]1CC=C(C/C(=C/CO)COCc2ccccc2)[C@]1(C)CCO[Si](C)(C)C(C)(C)C. The highest BCUT2D eigenvalue weighted by atomic mass is 28.4. The van der Waals surface area contributed by atoms with Crippen LogP contribution in [0, 0.1) is 17.3 Å². The van der Waals surface area contributed by atoms with Crippen molar-refractivity contribution in [2.75, 3.05) is 19.8 Å². The summed E-state index contributed by atoms with van der Waals surface area (Å²) >= 11 is 0. The second-order valence-corrected chi connectivity index (χ2v) is 16.6. The van der Waals surface area contributed by atoms with Crippen molar-refractivity contribution in [2.45, 2.75) is 85.5 Å². The van der Waals surface area contributed by atoms with Gasteiger partial charge in [-0.2, -0.15) is 0 Å². The minimum Gasteiger partial charge on any atom is -0.417 e. The highest BCUT2D eigenvalue weighted by Crippen LogP contribution is 2.52. The smallest absolute Gasteiger partial charge is 0.191 e. The first-order valence-electron chi connectivity index (χ1n) is 12.6. The van der Waals surface area contributed by atoms with E-state index in [0.717, 1.165) is 25.9 Å². The van der Waals surface area contributed by atoms with E-state index in [1.807, 2.05) is 24.3 Å². The molecule has 0 fully saturated rings. The molecule has 33 heavy (non-hydrogen) atoms. The van der Waals surface area contributed by atoms with E-state index >= 15 is 0 Å². The standard InChI is InChI=1S/C29H48O3Si/c1-23(2)27-15-14-26(29(27,6)17-19-32-33(7,8)28(3,4)5)20-25(16-18-30)22-31-21-24-12-10-9-11-13-24/h9-14,16,23,27,30H,15,17-22H2,1-8H3/b25-16-/t27-,29+/m1/s1. The Morgan fingerprint density at radius 2 is 1.88 bits per heavy atom. The fourth-order valence-corrected chi connectivity index (χ4v) is 5.84. The fraction of sp³-hybridized carbons (Fsp3) is 0.655. The lowest BCUT2D eigenvalue weighted by Gasteiger charge is -2.41. The van der Waals surface area contributed by atoms with Crippen LogP contribution in [0.3, 0.4) is 0 Å². The van der Waals surface area contributed by atoms with E-state index in [1.165, 1.54) is 16.7 Å². The first-order chi connectivity index (χ1) is 15.4. The molecule has 0 unspecified atom stereocenters. The van der Waals surface area contributed by atoms with Gasteiger partial charge in [-0.15, -0.1) is 0 Å². The van der Waals surface area contributed by atoms with Crippen LogP contribution >= 0.6 is 0 Å². The molecule has 4 heteroatoms. The molecule has 1 N–H and O–H groups in total. The molecule has 1 aliphatic rings. The van der Waals surface area contributed by atoms with E-state index in [2.05, 4.69) is 72.8 Å². The summed E-state index contributed by atoms with van der Waals surface area (Å²) < 4.78 is 12.6. The summed E-state index contributed by atoms with van der Waals surface area (Å²) in [4.78, 5) is 0. The third-order valence-corrected chi connectivity index (χ3v) is 12.6. The summed E-state index contributed by atoms with van der Waals surface area (Å²) in [6.45, 7) is 20.7. The van der Waals surface area contributed by atoms with Crippen molar-refractivity contribution < 1.29 is 14.3 Å². The molecule has 0 aromatic heterocycles. The minimum absolute atomic E-state index is 0.0517. The summed E-state index contributed by atoms with van der Waals surface area (Å²) in [5.41, 5.74) is 3.95. The molecule has 0 heterocycles. The highest BCUT2D eigenvalue weighted by molar-refractivity contribution is 6.74. The molecule has 0 amide bonds. The van der Waals surface area contributed by atoms with Crippen LogP contribution in [-0.2, 0) is 15.8 Å². The molecule has 0 aliphatic heterocycles. The normalized spacial score (nSPS) is 22.2. The van der Waals surface area contributed by atoms with Crippen LogP contribution in [0.1, 0.15) is 66.4 Å². The van der Waals surface area contributed by atoms with Crippen molar-refractivity contribution >= 4 is 8.32 Å². The maximum Gasteiger partial charge on any atom is 0.191 e. The molecule has 0 saturated carbocycles. The summed E-state index contributed by atoms with van der Waals surface area (Å²) in [6, 6.07) is 10.3. The predicted molar refractivity (Wildman–Crippen MR) is 143 cm³/mol. The Hall–Kier alpha value is -1.20. The molecule has 2 atom stereocenters. The van der Waals surface area contributed by atoms with Gasteiger partial charge in [0.15, 0.2) is 8.32 Å². The van der Waals surface area contributed by atoms with Crippen molar-refractivity contribution in [1.82, 2.24) is 0 Å². The van der Waals surface area contributed by atoms with Gasteiger partial charge < -0.3 is 14.3 Å². The Balaban J connectivity index is 2.07. The first kappa shape index (κ1) is 28.0. The van der Waals surface area contributed by atoms with E-state index in [0.29, 0.717) is 25.0 Å². The van der Waals surface area contributed by atoms with E-state index in [4.69, 9.17) is 9.16 Å². The number of aliphatic hydroxyl groups is 1. The topological polar surface area (TPSA) is 38.7 Å². The van der Waals surface area contributed by atoms with Crippen LogP contribution in [0.25, 0.3) is 0 Å². The number of rotatable bonds is 12. The van der Waals surface area contributed by atoms with Crippen LogP contribution in [-0.4, -0.2) is 33.2 Å². The fourth-order valence-electron chi connectivity index (χ4n) is 4.79. The third kappa shape index (κ3) is 7.65. The number of hydrogen-bond acceptors (Lipinski definition) is 3. The number of allylic oxidation sites excluding steroid dienone is 2. The summed E-state index contributed by atoms with van der Waals surface area (Å²) in [6.07, 6.45) is 7.43. The van der Waals surface area contributed by atoms with E-state index in [9.17, 15) is 5.11 Å². The monoisotopic (exact) mass is 472 g/mol. The van der Waals surface area contributed by atoms with Gasteiger partial charge >= 0.3 is 0 Å². The molecule has 1 aromatic carbocycles. The van der Waals surface area contributed by atoms with Crippen molar-refractivity contribution in [1.29, 1.82) is 0 Å². The average molecular weight is 473 g/mol. The highest BCUT2D eigenvalue weighted by Gasteiger charge is 2.43. The van der Waals surface area contributed by atoms with Crippen molar-refractivity contribution in [3.05, 3.63) is 59.2 Å². The third-order valence-electron chi connectivity index (χ3n) is 8.06. The van der Waals surface area contributed by atoms with E-state index < -0.39 is 8.32 Å². The summed E-state index contributed by atoms with van der Waals surface area (Å²) in [7, 11) is -1.76. The van der Waals surface area contributed by atoms with Crippen LogP contribution in [0.5, 0.6) is 0 Å². The Bertz CT molecular complexity index is 789. The summed E-state index contributed by atoms with van der Waals surface area (Å²) in [5, 5.41) is 9.87. The molecule has 2 rings (SSSR count). The number of ether oxygens (including phenoxy) is 1. The van der Waals surface area contributed by atoms with Gasteiger partial charge in [-0.25, -0.2) is 0 Å². The van der Waals surface area contributed by atoms with Crippen molar-refractivity contribution in [3.8, 4) is 0 Å². The van der Waals surface area contributed by atoms with Gasteiger partial charge in [0, 0.05) is 6.61 Å². The van der Waals surface area contributed by atoms with E-state index in [-0.39, 0.29) is 17.1 Å². The van der Waals surface area contributed by atoms with Crippen molar-refractivity contribution in [3.63, 3.8) is 0 Å². The lowest BCUT2D eigenvalue weighted by Crippen LogP contribution is -2.42. The average Bonchev–Trinajstić information content (AvgIpc) is 3.04. The lowest BCUT2D eigenvalue weighted by atomic mass is 9.67. The van der Waals surface area contributed by atoms with E-state index in [1.54, 1.807) is 0 Å². The van der Waals surface area contributed by atoms with Gasteiger partial charge in [-0.05, 0) is 65.8 Å². The maximum absolute atomic E-state index is 9.64. The number of aliphatic hydroxyl groups excluding tert-OH is 1. The molecule has 0 saturated heterocycles. The van der Waals surface area contributed by atoms with Gasteiger partial charge in [-0.3, -0.25) is 0 Å². The first-order valence-corrected chi connectivity index (χ1v) is 15.6. The van der Waals surface area contributed by atoms with Gasteiger partial charge in [0.2, 0.25) is 0 Å². The molecule has 3 nitrogen and oxygen atoms in total. The zero-order chi connectivity index (χ0) is 24.7. The second kappa shape index (κ2) is 12.0. The summed E-state index contributed by atoms with van der Waals surface area (Å²) in [5.74, 6) is 1.24. The zero-order valence-electron chi connectivity index (χ0n) is 22.4. The Labute approximate surface area is 204 Å². The minimum atomic E-state index is -1.76. The predicted octanol–water partition coefficient (Wildman–Crippen LogP) is 7.53. The molecule has 0 radical (unpaired) electrons. The molecular weight excluding hydrogens is 424 g/mol. The molecule has 1 aromatic rings. The van der Waals surface area contributed by atoms with Crippen LogP contribution in [0.4, 0.5) is 0 Å². The van der Waals surface area contributed by atoms with Crippen LogP contribution < -0.4 is 0 Å². The molecule has 186 valence electrons. The molecule has 1 aliphatic carbocycles. The van der Waals surface area contributed by atoms with Gasteiger partial charge in [0.25, 0.3) is 0 Å². The Morgan fingerprint density at radius 1 is 1.21 bits per heavy atom. The lowest BCUT2D eigenvalue weighted by molar-refractivity contribution is 0.133. The zero-order valence-corrected chi connectivity index (χ0v) is 23.4. The van der Waals surface area contributed by atoms with Gasteiger partial charge in [0.1, 0.15) is 0 Å². The number of hydrogen-bond donors (Lipinski definition) is 1. The largest absolute Gasteiger partial charge is 0.417 e. The maximum atomic E-state index is 9.64. The quantitative estimate of drug-likeness (QED) is 0.252. The van der Waals surface area contributed by atoms with Gasteiger partial charge in [0.05, 0.1) is 19.8 Å². The van der Waals surface area contributed by atoms with Gasteiger partial charge in [-0.1, -0.05) is 89.6 Å². The molecule has 0 spiro atoms. The molecular formula is C29H48O3Si. The Kier molecular flexibility index (Phi) is 10.2. The van der Waals surface area contributed by atoms with Crippen LogP contribution in [0.2, 0.25) is 18.1 Å². The number of benzene rings is 1. The second-order valence-electron chi connectivity index (χ2n) is 11.8. The van der Waals surface area contributed by atoms with Crippen molar-refractivity contribution in [2.24, 2.45) is 17.3 Å². The molecule has 0 bridgehead atoms. The van der Waals surface area contributed by atoms with Crippen LogP contribution in [0.15, 0.2) is 53.6 Å². The Morgan fingerprint density at radius 3 is 2.45 bits per heavy atom.